The predicted molar refractivity (Wildman–Crippen MR) is 101 cm³/mol. The van der Waals surface area contributed by atoms with Crippen LogP contribution in [-0.2, 0) is 4.79 Å². The molecule has 1 unspecified atom stereocenters. The number of hydrogen-bond donors (Lipinski definition) is 0. The molecule has 0 aromatic heterocycles. The van der Waals surface area contributed by atoms with E-state index in [1.54, 1.807) is 4.90 Å². The molecule has 1 aliphatic heterocycles. The lowest BCUT2D eigenvalue weighted by molar-refractivity contribution is -0.120. The van der Waals surface area contributed by atoms with Gasteiger partial charge in [-0.3, -0.25) is 4.79 Å². The van der Waals surface area contributed by atoms with E-state index in [1.807, 2.05) is 37.4 Å². The Kier molecular flexibility index (Phi) is 5.19. The summed E-state index contributed by atoms with van der Waals surface area (Å²) in [5.41, 5.74) is 3.23. The number of benzene rings is 2. The van der Waals surface area contributed by atoms with Crippen LogP contribution in [0.25, 0.3) is 0 Å². The largest absolute Gasteiger partial charge is 0.354 e. The van der Waals surface area contributed by atoms with Crippen molar-refractivity contribution in [1.29, 1.82) is 0 Å². The Labute approximate surface area is 144 Å². The number of para-hydroxylation sites is 2. The number of carbonyl (C=O) groups excluding carboxylic acids is 1. The van der Waals surface area contributed by atoms with Crippen molar-refractivity contribution in [2.24, 2.45) is 0 Å². The van der Waals surface area contributed by atoms with Crippen molar-refractivity contribution in [2.45, 2.75) is 38.6 Å². The Morgan fingerprint density at radius 3 is 2.25 bits per heavy atom. The Hall–Kier alpha value is -2.29. The minimum Gasteiger partial charge on any atom is -0.354 e. The molecule has 0 fully saturated rings. The fourth-order valence-corrected chi connectivity index (χ4v) is 3.48. The van der Waals surface area contributed by atoms with Crippen LogP contribution in [0.15, 0.2) is 54.6 Å². The van der Waals surface area contributed by atoms with Gasteiger partial charge in [-0.2, -0.15) is 0 Å². The molecule has 3 heteroatoms. The number of carbonyl (C=O) groups is 1. The van der Waals surface area contributed by atoms with E-state index in [0.29, 0.717) is 0 Å². The third-order valence-corrected chi connectivity index (χ3v) is 4.80. The van der Waals surface area contributed by atoms with Crippen LogP contribution in [0, 0.1) is 0 Å². The quantitative estimate of drug-likeness (QED) is 0.714. The average molecular weight is 322 g/mol. The molecular formula is C21H26N2O. The van der Waals surface area contributed by atoms with Crippen LogP contribution in [0.4, 0.5) is 11.4 Å². The molecule has 3 nitrogen and oxygen atoms in total. The Balaban J connectivity index is 1.97. The summed E-state index contributed by atoms with van der Waals surface area (Å²) in [6, 6.07) is 18.1. The highest BCUT2D eigenvalue weighted by molar-refractivity contribution is 6.05. The number of hydrogen-bond acceptors (Lipinski definition) is 2. The van der Waals surface area contributed by atoms with E-state index in [-0.39, 0.29) is 11.9 Å². The van der Waals surface area contributed by atoms with E-state index in [4.69, 9.17) is 0 Å². The van der Waals surface area contributed by atoms with Gasteiger partial charge >= 0.3 is 0 Å². The number of nitrogens with zero attached hydrogens (tertiary/aromatic N) is 2. The van der Waals surface area contributed by atoms with Crippen molar-refractivity contribution >= 4 is 17.3 Å². The van der Waals surface area contributed by atoms with Crippen LogP contribution in [0.5, 0.6) is 0 Å². The first-order valence-electron chi connectivity index (χ1n) is 8.92. The van der Waals surface area contributed by atoms with Gasteiger partial charge in [0.2, 0.25) is 0 Å². The van der Waals surface area contributed by atoms with Crippen LogP contribution in [-0.4, -0.2) is 19.5 Å². The Morgan fingerprint density at radius 1 is 0.875 bits per heavy atom. The van der Waals surface area contributed by atoms with Crippen LogP contribution in [0.3, 0.4) is 0 Å². The lowest BCUT2D eigenvalue weighted by Crippen LogP contribution is -2.47. The van der Waals surface area contributed by atoms with Crippen molar-refractivity contribution in [3.05, 3.63) is 60.2 Å². The summed E-state index contributed by atoms with van der Waals surface area (Å²) in [7, 11) is 1.88. The maximum Gasteiger partial charge on any atom is 0.254 e. The van der Waals surface area contributed by atoms with Crippen molar-refractivity contribution in [3.63, 3.8) is 0 Å². The first-order valence-corrected chi connectivity index (χ1v) is 8.92. The molecule has 0 saturated heterocycles. The molecule has 1 heterocycles. The highest BCUT2D eigenvalue weighted by atomic mass is 16.2. The molecule has 0 spiro atoms. The molecular weight excluding hydrogens is 296 g/mol. The standard InChI is InChI=1S/C21H26N2O/c1-3-4-5-11-16-23-19-15-10-9-14-18(19)22(2)21(24)20(23)17-12-7-6-8-13-17/h6-10,12-15,20H,3-5,11,16H2,1-2H3. The normalized spacial score (nSPS) is 17.1. The summed E-state index contributed by atoms with van der Waals surface area (Å²) in [5.74, 6) is 0.149. The maximum atomic E-state index is 13.1. The molecule has 0 saturated carbocycles. The second-order valence-electron chi connectivity index (χ2n) is 6.45. The van der Waals surface area contributed by atoms with Crippen molar-refractivity contribution < 1.29 is 4.79 Å². The number of rotatable bonds is 6. The van der Waals surface area contributed by atoms with Gasteiger partial charge in [0.25, 0.3) is 5.91 Å². The first-order chi connectivity index (χ1) is 11.7. The van der Waals surface area contributed by atoms with Gasteiger partial charge in [0.05, 0.1) is 11.4 Å². The average Bonchev–Trinajstić information content (AvgIpc) is 2.63. The molecule has 1 aliphatic rings. The van der Waals surface area contributed by atoms with Gasteiger partial charge in [0.15, 0.2) is 0 Å². The smallest absolute Gasteiger partial charge is 0.254 e. The molecule has 3 rings (SSSR count). The number of unbranched alkanes of at least 4 members (excludes halogenated alkanes) is 3. The third-order valence-electron chi connectivity index (χ3n) is 4.80. The second kappa shape index (κ2) is 7.52. The van der Waals surface area contributed by atoms with Gasteiger partial charge in [-0.25, -0.2) is 0 Å². The van der Waals surface area contributed by atoms with Crippen molar-refractivity contribution in [3.8, 4) is 0 Å². The Morgan fingerprint density at radius 2 is 1.54 bits per heavy atom. The van der Waals surface area contributed by atoms with E-state index in [2.05, 4.69) is 36.1 Å². The predicted octanol–water partition coefficient (Wildman–Crippen LogP) is 4.79. The minimum absolute atomic E-state index is 0.149. The molecule has 0 radical (unpaired) electrons. The van der Waals surface area contributed by atoms with E-state index < -0.39 is 0 Å². The summed E-state index contributed by atoms with van der Waals surface area (Å²) in [6.45, 7) is 3.14. The third kappa shape index (κ3) is 3.16. The Bertz CT molecular complexity index is 683. The van der Waals surface area contributed by atoms with Gasteiger partial charge in [-0.15, -0.1) is 0 Å². The fourth-order valence-electron chi connectivity index (χ4n) is 3.48. The van der Waals surface area contributed by atoms with E-state index in [0.717, 1.165) is 29.9 Å². The van der Waals surface area contributed by atoms with Gasteiger partial charge in [-0.05, 0) is 24.1 Å². The van der Waals surface area contributed by atoms with Gasteiger partial charge < -0.3 is 9.80 Å². The number of amides is 1. The molecule has 24 heavy (non-hydrogen) atoms. The second-order valence-corrected chi connectivity index (χ2v) is 6.45. The zero-order valence-electron chi connectivity index (χ0n) is 14.6. The molecule has 2 aromatic carbocycles. The molecule has 126 valence electrons. The molecule has 0 aliphatic carbocycles. The van der Waals surface area contributed by atoms with E-state index >= 15 is 0 Å². The van der Waals surface area contributed by atoms with Crippen molar-refractivity contribution in [1.82, 2.24) is 0 Å². The minimum atomic E-state index is -0.229. The number of likely N-dealkylation sites (N-methyl/N-ethyl adjacent to an activating group) is 1. The van der Waals surface area contributed by atoms with Crippen LogP contribution in [0.2, 0.25) is 0 Å². The summed E-state index contributed by atoms with van der Waals surface area (Å²) in [4.78, 5) is 17.2. The summed E-state index contributed by atoms with van der Waals surface area (Å²) < 4.78 is 0. The molecule has 2 aromatic rings. The van der Waals surface area contributed by atoms with Crippen LogP contribution < -0.4 is 9.80 Å². The van der Waals surface area contributed by atoms with Crippen molar-refractivity contribution in [2.75, 3.05) is 23.4 Å². The zero-order chi connectivity index (χ0) is 16.9. The van der Waals surface area contributed by atoms with E-state index in [9.17, 15) is 4.79 Å². The molecule has 1 amide bonds. The molecule has 0 bridgehead atoms. The summed E-state index contributed by atoms with van der Waals surface area (Å²) in [5, 5.41) is 0. The molecule has 0 N–H and O–H groups in total. The van der Waals surface area contributed by atoms with Crippen LogP contribution >= 0.6 is 0 Å². The maximum absolute atomic E-state index is 13.1. The highest BCUT2D eigenvalue weighted by Gasteiger charge is 2.36. The lowest BCUT2D eigenvalue weighted by atomic mass is 9.98. The summed E-state index contributed by atoms with van der Waals surface area (Å²) >= 11 is 0. The topological polar surface area (TPSA) is 23.6 Å². The first kappa shape index (κ1) is 16.6. The zero-order valence-corrected chi connectivity index (χ0v) is 14.6. The van der Waals surface area contributed by atoms with E-state index in [1.165, 1.54) is 19.3 Å². The van der Waals surface area contributed by atoms with Gasteiger partial charge in [-0.1, -0.05) is 68.7 Å². The lowest BCUT2D eigenvalue weighted by Gasteiger charge is -2.42. The van der Waals surface area contributed by atoms with Gasteiger partial charge in [0, 0.05) is 13.6 Å². The number of fused-ring (bicyclic) bond motifs is 1. The fraction of sp³-hybridized carbons (Fsp3) is 0.381. The summed E-state index contributed by atoms with van der Waals surface area (Å²) in [6.07, 6.45) is 4.79. The number of anilines is 2. The monoisotopic (exact) mass is 322 g/mol. The van der Waals surface area contributed by atoms with Crippen LogP contribution in [0.1, 0.15) is 44.2 Å². The molecule has 1 atom stereocenters. The van der Waals surface area contributed by atoms with Gasteiger partial charge in [0.1, 0.15) is 6.04 Å². The SMILES string of the molecule is CCCCCCN1c2ccccc2N(C)C(=O)C1c1ccccc1. The highest BCUT2D eigenvalue weighted by Crippen LogP contribution is 2.40.